The van der Waals surface area contributed by atoms with Crippen molar-refractivity contribution in [3.05, 3.63) is 88.4 Å². The topological polar surface area (TPSA) is 89.2 Å². The molecule has 5 aromatic rings. The van der Waals surface area contributed by atoms with Gasteiger partial charge in [0.1, 0.15) is 5.82 Å². The van der Waals surface area contributed by atoms with Gasteiger partial charge in [0, 0.05) is 16.5 Å². The summed E-state index contributed by atoms with van der Waals surface area (Å²) in [6.07, 6.45) is 1.76. The van der Waals surface area contributed by atoms with E-state index < -0.39 is 9.84 Å². The fourth-order valence-corrected chi connectivity index (χ4v) is 5.67. The highest BCUT2D eigenvalue weighted by atomic mass is 35.5. The summed E-state index contributed by atoms with van der Waals surface area (Å²) in [5, 5.41) is 12.8. The van der Waals surface area contributed by atoms with Crippen molar-refractivity contribution in [2.24, 2.45) is 0 Å². The fraction of sp³-hybridized carbons (Fsp3) is 0.222. The molecule has 9 heteroatoms. The predicted octanol–water partition coefficient (Wildman–Crippen LogP) is 5.81. The number of rotatable bonds is 7. The number of halogens is 1. The van der Waals surface area contributed by atoms with E-state index in [0.29, 0.717) is 16.4 Å². The van der Waals surface area contributed by atoms with Crippen LogP contribution in [0.3, 0.4) is 0 Å². The first-order chi connectivity index (χ1) is 17.2. The summed E-state index contributed by atoms with van der Waals surface area (Å²) < 4.78 is 28.6. The normalized spacial score (nSPS) is 12.8. The summed E-state index contributed by atoms with van der Waals surface area (Å²) in [4.78, 5) is 4.88. The Kier molecular flexibility index (Phi) is 6.40. The molecule has 3 aromatic carbocycles. The molecule has 0 bridgehead atoms. The number of aryl methyl sites for hydroxylation is 3. The molecule has 7 nitrogen and oxygen atoms in total. The maximum absolute atomic E-state index is 13.6. The lowest BCUT2D eigenvalue weighted by Crippen LogP contribution is -2.18. The number of anilines is 1. The van der Waals surface area contributed by atoms with E-state index >= 15 is 0 Å². The number of nitrogens with zero attached hydrogens (tertiary/aromatic N) is 4. The number of benzene rings is 3. The second-order valence-electron chi connectivity index (χ2n) is 9.07. The van der Waals surface area contributed by atoms with Crippen molar-refractivity contribution in [2.45, 2.75) is 49.6 Å². The molecule has 0 amide bonds. The van der Waals surface area contributed by atoms with Crippen molar-refractivity contribution < 1.29 is 8.42 Å². The first-order valence-electron chi connectivity index (χ1n) is 11.7. The van der Waals surface area contributed by atoms with Crippen molar-refractivity contribution in [1.82, 2.24) is 19.8 Å². The highest BCUT2D eigenvalue weighted by Gasteiger charge is 2.27. The van der Waals surface area contributed by atoms with Crippen molar-refractivity contribution in [2.75, 3.05) is 5.32 Å². The number of hydrogen-bond donors (Lipinski definition) is 1. The zero-order valence-electron chi connectivity index (χ0n) is 20.2. The lowest BCUT2D eigenvalue weighted by molar-refractivity contribution is 0.592. The minimum Gasteiger partial charge on any atom is -0.367 e. The van der Waals surface area contributed by atoms with Gasteiger partial charge < -0.3 is 5.32 Å². The van der Waals surface area contributed by atoms with E-state index in [0.717, 1.165) is 29.4 Å². The molecule has 0 spiro atoms. The van der Waals surface area contributed by atoms with Gasteiger partial charge in [0.2, 0.25) is 14.9 Å². The molecule has 0 saturated heterocycles. The van der Waals surface area contributed by atoms with Gasteiger partial charge >= 0.3 is 0 Å². The van der Waals surface area contributed by atoms with Crippen molar-refractivity contribution in [3.8, 4) is 0 Å². The number of nitrogens with one attached hydrogen (secondary N) is 1. The summed E-state index contributed by atoms with van der Waals surface area (Å²) in [5.74, 6) is 0.541. The molecule has 2 heterocycles. The third-order valence-electron chi connectivity index (χ3n) is 6.41. The molecule has 1 N–H and O–H groups in total. The molecule has 0 aliphatic rings. The standard InChI is InChI=1S/C27H26ClN5O2S/c1-17-9-13-22(15-18(17)2)36(34,35)27-26-30-25(29-19(3)10-11-20-7-5-4-6-8-20)23-16-21(28)12-14-24(23)33(26)32-31-27/h4-9,12-16,19H,10-11H2,1-3H3,(H,29,30). The molecule has 0 saturated carbocycles. The molecule has 0 fully saturated rings. The van der Waals surface area contributed by atoms with Crippen LogP contribution in [0, 0.1) is 13.8 Å². The van der Waals surface area contributed by atoms with Crippen LogP contribution in [0.5, 0.6) is 0 Å². The molecule has 1 unspecified atom stereocenters. The lowest BCUT2D eigenvalue weighted by atomic mass is 10.1. The molecule has 2 aromatic heterocycles. The van der Waals surface area contributed by atoms with Crippen LogP contribution in [0.15, 0.2) is 76.7 Å². The Labute approximate surface area is 215 Å². The van der Waals surface area contributed by atoms with E-state index in [-0.39, 0.29) is 21.6 Å². The molecular formula is C27H26ClN5O2S. The van der Waals surface area contributed by atoms with Gasteiger partial charge in [0.25, 0.3) is 0 Å². The predicted molar refractivity (Wildman–Crippen MR) is 143 cm³/mol. The summed E-state index contributed by atoms with van der Waals surface area (Å²) in [6, 6.07) is 20.7. The second kappa shape index (κ2) is 9.52. The van der Waals surface area contributed by atoms with E-state index in [1.165, 1.54) is 10.1 Å². The maximum Gasteiger partial charge on any atom is 0.229 e. The van der Waals surface area contributed by atoms with Crippen LogP contribution in [-0.4, -0.2) is 34.3 Å². The van der Waals surface area contributed by atoms with Crippen molar-refractivity contribution >= 4 is 43.8 Å². The Hall–Kier alpha value is -3.49. The van der Waals surface area contributed by atoms with E-state index in [1.54, 1.807) is 36.4 Å². The Bertz CT molecular complexity index is 1680. The summed E-state index contributed by atoms with van der Waals surface area (Å²) in [5.41, 5.74) is 3.98. The van der Waals surface area contributed by atoms with E-state index in [2.05, 4.69) is 34.7 Å². The average Bonchev–Trinajstić information content (AvgIpc) is 3.30. The number of sulfone groups is 1. The third-order valence-corrected chi connectivity index (χ3v) is 8.29. The highest BCUT2D eigenvalue weighted by Crippen LogP contribution is 2.30. The minimum absolute atomic E-state index is 0.0676. The smallest absolute Gasteiger partial charge is 0.229 e. The Morgan fingerprint density at radius 3 is 2.53 bits per heavy atom. The van der Waals surface area contributed by atoms with Gasteiger partial charge in [-0.05, 0) is 80.6 Å². The van der Waals surface area contributed by atoms with Crippen LogP contribution in [-0.2, 0) is 16.3 Å². The fourth-order valence-electron chi connectivity index (χ4n) is 4.18. The quantitative estimate of drug-likeness (QED) is 0.292. The number of fused-ring (bicyclic) bond motifs is 3. The summed E-state index contributed by atoms with van der Waals surface area (Å²) in [6.45, 7) is 5.90. The number of aromatic nitrogens is 4. The lowest BCUT2D eigenvalue weighted by Gasteiger charge is -2.17. The van der Waals surface area contributed by atoms with E-state index in [1.807, 2.05) is 32.0 Å². The van der Waals surface area contributed by atoms with Gasteiger partial charge in [0.05, 0.1) is 10.4 Å². The Balaban J connectivity index is 1.58. The maximum atomic E-state index is 13.6. The van der Waals surface area contributed by atoms with Gasteiger partial charge in [-0.3, -0.25) is 0 Å². The first-order valence-corrected chi connectivity index (χ1v) is 13.6. The van der Waals surface area contributed by atoms with Crippen molar-refractivity contribution in [3.63, 3.8) is 0 Å². The van der Waals surface area contributed by atoms with Crippen LogP contribution in [0.4, 0.5) is 5.82 Å². The zero-order valence-corrected chi connectivity index (χ0v) is 21.8. The van der Waals surface area contributed by atoms with Crippen LogP contribution < -0.4 is 5.32 Å². The number of hydrogen-bond acceptors (Lipinski definition) is 6. The second-order valence-corrected chi connectivity index (χ2v) is 11.4. The SMILES string of the molecule is Cc1ccc(S(=O)(=O)c2nnn3c2nc(NC(C)CCc2ccccc2)c2cc(Cl)ccc23)cc1C. The molecular weight excluding hydrogens is 494 g/mol. The molecule has 0 aliphatic heterocycles. The van der Waals surface area contributed by atoms with Crippen LogP contribution in [0.2, 0.25) is 5.02 Å². The highest BCUT2D eigenvalue weighted by molar-refractivity contribution is 7.91. The Morgan fingerprint density at radius 1 is 1.00 bits per heavy atom. The third kappa shape index (κ3) is 4.54. The minimum atomic E-state index is -3.94. The van der Waals surface area contributed by atoms with Crippen LogP contribution in [0.25, 0.3) is 16.6 Å². The van der Waals surface area contributed by atoms with E-state index in [9.17, 15) is 8.42 Å². The van der Waals surface area contributed by atoms with Crippen LogP contribution >= 0.6 is 11.6 Å². The molecule has 0 radical (unpaired) electrons. The first kappa shape index (κ1) is 24.2. The summed E-state index contributed by atoms with van der Waals surface area (Å²) in [7, 11) is -3.94. The van der Waals surface area contributed by atoms with Crippen LogP contribution in [0.1, 0.15) is 30.0 Å². The average molecular weight is 520 g/mol. The van der Waals surface area contributed by atoms with Gasteiger partial charge in [0.15, 0.2) is 5.65 Å². The zero-order chi connectivity index (χ0) is 25.4. The van der Waals surface area contributed by atoms with Gasteiger partial charge in [-0.15, -0.1) is 5.10 Å². The molecule has 184 valence electrons. The molecule has 36 heavy (non-hydrogen) atoms. The summed E-state index contributed by atoms with van der Waals surface area (Å²) >= 11 is 6.31. The van der Waals surface area contributed by atoms with Gasteiger partial charge in [-0.1, -0.05) is 53.2 Å². The molecule has 1 atom stereocenters. The molecule has 0 aliphatic carbocycles. The monoisotopic (exact) mass is 519 g/mol. The largest absolute Gasteiger partial charge is 0.367 e. The van der Waals surface area contributed by atoms with Gasteiger partial charge in [-0.2, -0.15) is 4.52 Å². The van der Waals surface area contributed by atoms with Crippen molar-refractivity contribution in [1.29, 1.82) is 0 Å². The van der Waals surface area contributed by atoms with E-state index in [4.69, 9.17) is 16.6 Å². The molecule has 5 rings (SSSR count). The van der Waals surface area contributed by atoms with Gasteiger partial charge in [-0.25, -0.2) is 13.4 Å². The Morgan fingerprint density at radius 2 is 1.78 bits per heavy atom.